The van der Waals surface area contributed by atoms with Crippen LogP contribution in [0.25, 0.3) is 16.5 Å². The van der Waals surface area contributed by atoms with E-state index in [4.69, 9.17) is 9.47 Å². The predicted octanol–water partition coefficient (Wildman–Crippen LogP) is 2.97. The third-order valence-electron chi connectivity index (χ3n) is 5.89. The van der Waals surface area contributed by atoms with Crippen molar-refractivity contribution in [1.82, 2.24) is 4.57 Å². The number of carbonyl (C=O) groups excluding carboxylic acids is 1. The molecule has 0 radical (unpaired) electrons. The van der Waals surface area contributed by atoms with Crippen LogP contribution in [0, 0.1) is 0 Å². The second-order valence-corrected chi connectivity index (χ2v) is 7.64. The van der Waals surface area contributed by atoms with E-state index in [1.54, 1.807) is 26.4 Å². The molecule has 32 heavy (non-hydrogen) atoms. The zero-order chi connectivity index (χ0) is 22.2. The molecule has 0 aliphatic carbocycles. The summed E-state index contributed by atoms with van der Waals surface area (Å²) in [7, 11) is 3.22. The Morgan fingerprint density at radius 1 is 0.938 bits per heavy atom. The number of rotatable bonds is 6. The first-order valence-corrected chi connectivity index (χ1v) is 10.4. The van der Waals surface area contributed by atoms with Crippen molar-refractivity contribution in [1.29, 1.82) is 0 Å². The lowest BCUT2D eigenvalue weighted by atomic mass is 10.0. The van der Waals surface area contributed by atoms with Crippen LogP contribution in [0.15, 0.2) is 71.7 Å². The Morgan fingerprint density at radius 2 is 1.66 bits per heavy atom. The molecule has 2 heterocycles. The summed E-state index contributed by atoms with van der Waals surface area (Å²) in [5, 5.41) is 13.4. The topological polar surface area (TPSA) is 73.1 Å². The number of hydrogen-bond acceptors (Lipinski definition) is 4. The van der Waals surface area contributed by atoms with Gasteiger partial charge in [-0.15, -0.1) is 0 Å². The molecule has 1 amide bonds. The molecular weight excluding hydrogens is 404 g/mol. The van der Waals surface area contributed by atoms with Gasteiger partial charge in [0, 0.05) is 23.2 Å². The summed E-state index contributed by atoms with van der Waals surface area (Å²) in [6, 6.07) is 21.0. The lowest BCUT2D eigenvalue weighted by Crippen LogP contribution is -2.23. The van der Waals surface area contributed by atoms with E-state index in [0.717, 1.165) is 28.6 Å². The Hall–Kier alpha value is -4.06. The minimum Gasteiger partial charge on any atom is -0.497 e. The normalized spacial score (nSPS) is 12.7. The first-order valence-electron chi connectivity index (χ1n) is 10.4. The lowest BCUT2D eigenvalue weighted by molar-refractivity contribution is -0.112. The minimum absolute atomic E-state index is 0.0712. The van der Waals surface area contributed by atoms with Crippen LogP contribution in [0.2, 0.25) is 0 Å². The van der Waals surface area contributed by atoms with Crippen molar-refractivity contribution in [2.75, 3.05) is 14.2 Å². The second-order valence-electron chi connectivity index (χ2n) is 7.64. The highest BCUT2D eigenvalue weighted by atomic mass is 16.5. The molecule has 6 heteroatoms. The quantitative estimate of drug-likeness (QED) is 0.515. The summed E-state index contributed by atoms with van der Waals surface area (Å²) in [5.41, 5.74) is 2.94. The highest BCUT2D eigenvalue weighted by molar-refractivity contribution is 6.25. The van der Waals surface area contributed by atoms with Gasteiger partial charge in [0.15, 0.2) is 5.88 Å². The lowest BCUT2D eigenvalue weighted by Gasteiger charge is -2.08. The van der Waals surface area contributed by atoms with E-state index in [1.165, 1.54) is 0 Å². The summed E-state index contributed by atoms with van der Waals surface area (Å²) in [4.78, 5) is 17.1. The number of amides is 1. The predicted molar refractivity (Wildman–Crippen MR) is 122 cm³/mol. The molecule has 0 spiro atoms. The molecule has 0 saturated heterocycles. The van der Waals surface area contributed by atoms with Gasteiger partial charge >= 0.3 is 0 Å². The van der Waals surface area contributed by atoms with Crippen LogP contribution >= 0.6 is 0 Å². The first kappa shape index (κ1) is 19.9. The molecule has 1 aliphatic rings. The van der Waals surface area contributed by atoms with Crippen molar-refractivity contribution < 1.29 is 19.4 Å². The molecule has 0 saturated carbocycles. The van der Waals surface area contributed by atoms with Crippen molar-refractivity contribution in [3.8, 4) is 17.4 Å². The van der Waals surface area contributed by atoms with E-state index in [-0.39, 0.29) is 11.8 Å². The largest absolute Gasteiger partial charge is 0.497 e. The monoisotopic (exact) mass is 426 g/mol. The van der Waals surface area contributed by atoms with Gasteiger partial charge in [-0.05, 0) is 42.3 Å². The Kier molecular flexibility index (Phi) is 4.90. The van der Waals surface area contributed by atoms with E-state index in [2.05, 4.69) is 4.99 Å². The van der Waals surface area contributed by atoms with Gasteiger partial charge in [-0.25, -0.2) is 4.99 Å². The molecule has 5 rings (SSSR count). The number of para-hydroxylation sites is 1. The summed E-state index contributed by atoms with van der Waals surface area (Å²) in [6.45, 7) is 0.562. The zero-order valence-corrected chi connectivity index (χ0v) is 17.8. The van der Waals surface area contributed by atoms with Crippen LogP contribution in [0.3, 0.4) is 0 Å². The third-order valence-corrected chi connectivity index (χ3v) is 5.89. The Balaban J connectivity index is 1.63. The second kappa shape index (κ2) is 7.89. The average Bonchev–Trinajstić information content (AvgIpc) is 3.29. The van der Waals surface area contributed by atoms with Gasteiger partial charge in [0.2, 0.25) is 0 Å². The van der Waals surface area contributed by atoms with Gasteiger partial charge in [0.25, 0.3) is 5.91 Å². The molecule has 160 valence electrons. The van der Waals surface area contributed by atoms with Crippen LogP contribution < -0.4 is 20.0 Å². The summed E-state index contributed by atoms with van der Waals surface area (Å²) >= 11 is 0. The van der Waals surface area contributed by atoms with E-state index in [9.17, 15) is 9.90 Å². The van der Waals surface area contributed by atoms with Crippen molar-refractivity contribution in [2.45, 2.75) is 13.0 Å². The number of fused-ring (bicyclic) bond motifs is 2. The number of aromatic hydroxyl groups is 1. The number of benzene rings is 3. The van der Waals surface area contributed by atoms with E-state index in [1.807, 2.05) is 59.2 Å². The fraction of sp³-hybridized carbons (Fsp3) is 0.154. The number of hydrogen-bond donors (Lipinski definition) is 1. The standard InChI is InChI=1S/C26H22N2O4/c1-31-17-9-7-16(8-10-17)13-14-28-22-6-4-3-5-20(22)24(26(28)30)23-19-12-11-18(32-2)15-21(19)27-25(23)29/h3-12,15,30H,13-14H2,1-2H3. The van der Waals surface area contributed by atoms with Gasteiger partial charge in [0.05, 0.1) is 36.2 Å². The molecule has 0 unspecified atom stereocenters. The highest BCUT2D eigenvalue weighted by Crippen LogP contribution is 2.36. The third kappa shape index (κ3) is 3.21. The zero-order valence-electron chi connectivity index (χ0n) is 17.8. The molecular formula is C26H22N2O4. The number of methoxy groups -OCH3 is 2. The van der Waals surface area contributed by atoms with E-state index >= 15 is 0 Å². The average molecular weight is 426 g/mol. The molecule has 1 aliphatic heterocycles. The first-order chi connectivity index (χ1) is 15.6. The van der Waals surface area contributed by atoms with Gasteiger partial charge in [-0.2, -0.15) is 0 Å². The molecule has 4 aromatic rings. The summed E-state index contributed by atoms with van der Waals surface area (Å²) < 4.78 is 12.3. The Bertz CT molecular complexity index is 1470. The summed E-state index contributed by atoms with van der Waals surface area (Å²) in [5.74, 6) is 1.15. The molecule has 1 aromatic heterocycles. The smallest absolute Gasteiger partial charge is 0.279 e. The van der Waals surface area contributed by atoms with E-state index in [0.29, 0.717) is 34.0 Å². The number of ether oxygens (including phenoxy) is 2. The highest BCUT2D eigenvalue weighted by Gasteiger charge is 2.27. The minimum atomic E-state index is -0.360. The molecule has 6 nitrogen and oxygen atoms in total. The molecule has 0 bridgehead atoms. The van der Waals surface area contributed by atoms with Crippen molar-refractivity contribution in [2.24, 2.45) is 4.99 Å². The van der Waals surface area contributed by atoms with Crippen LogP contribution in [0.1, 0.15) is 11.1 Å². The number of carbonyl (C=O) groups is 1. The summed E-state index contributed by atoms with van der Waals surface area (Å²) in [6.07, 6.45) is 0.719. The number of aryl methyl sites for hydroxylation is 2. The van der Waals surface area contributed by atoms with Crippen LogP contribution in [-0.4, -0.2) is 29.8 Å². The van der Waals surface area contributed by atoms with Gasteiger partial charge in [-0.1, -0.05) is 30.3 Å². The molecule has 0 atom stereocenters. The van der Waals surface area contributed by atoms with Crippen LogP contribution in [0.4, 0.5) is 0 Å². The van der Waals surface area contributed by atoms with Crippen LogP contribution in [-0.2, 0) is 17.8 Å². The Labute approximate surface area is 184 Å². The van der Waals surface area contributed by atoms with Gasteiger partial charge in [-0.3, -0.25) is 4.79 Å². The number of nitrogens with zero attached hydrogens (tertiary/aromatic N) is 2. The fourth-order valence-corrected chi connectivity index (χ4v) is 4.26. The fourth-order valence-electron chi connectivity index (χ4n) is 4.26. The SMILES string of the molecule is COc1ccc(CCn2c(O)c(C3=c4ccc(OC)cc4=NC3=O)c3ccccc32)cc1. The maximum atomic E-state index is 12.9. The van der Waals surface area contributed by atoms with Crippen LogP contribution in [0.5, 0.6) is 17.4 Å². The van der Waals surface area contributed by atoms with Crippen molar-refractivity contribution >= 4 is 22.4 Å². The van der Waals surface area contributed by atoms with Gasteiger partial charge < -0.3 is 19.1 Å². The van der Waals surface area contributed by atoms with Crippen molar-refractivity contribution in [3.63, 3.8) is 0 Å². The Morgan fingerprint density at radius 3 is 2.41 bits per heavy atom. The number of aromatic nitrogens is 1. The maximum absolute atomic E-state index is 12.9. The molecule has 1 N–H and O–H groups in total. The van der Waals surface area contributed by atoms with Gasteiger partial charge in [0.1, 0.15) is 11.5 Å². The molecule has 0 fully saturated rings. The van der Waals surface area contributed by atoms with Crippen molar-refractivity contribution in [3.05, 3.63) is 88.4 Å². The molecule has 3 aromatic carbocycles. The van der Waals surface area contributed by atoms with E-state index < -0.39 is 0 Å². The maximum Gasteiger partial charge on any atom is 0.279 e.